The van der Waals surface area contributed by atoms with Gasteiger partial charge in [-0.3, -0.25) is 4.68 Å². The van der Waals surface area contributed by atoms with Gasteiger partial charge in [0.2, 0.25) is 0 Å². The summed E-state index contributed by atoms with van der Waals surface area (Å²) >= 11 is 0. The molecule has 6 heteroatoms. The summed E-state index contributed by atoms with van der Waals surface area (Å²) in [4.78, 5) is 0. The zero-order chi connectivity index (χ0) is 14.1. The first-order valence-corrected chi connectivity index (χ1v) is 6.57. The van der Waals surface area contributed by atoms with E-state index in [0.29, 0.717) is 0 Å². The molecule has 20 heavy (non-hydrogen) atoms. The Balaban J connectivity index is 2.10. The third kappa shape index (κ3) is 2.02. The molecule has 0 fully saturated rings. The van der Waals surface area contributed by atoms with E-state index >= 15 is 0 Å². The van der Waals surface area contributed by atoms with Crippen molar-refractivity contribution in [3.63, 3.8) is 0 Å². The molecule has 1 unspecified atom stereocenters. The number of aryl methyl sites for hydroxylation is 1. The number of rotatable bonds is 3. The Labute approximate surface area is 117 Å². The summed E-state index contributed by atoms with van der Waals surface area (Å²) in [6, 6.07) is 4.18. The van der Waals surface area contributed by atoms with Gasteiger partial charge in [-0.1, -0.05) is 5.21 Å². The zero-order valence-corrected chi connectivity index (χ0v) is 11.9. The molecule has 1 aromatic carbocycles. The summed E-state index contributed by atoms with van der Waals surface area (Å²) in [7, 11) is 5.22. The zero-order valence-electron chi connectivity index (χ0n) is 11.9. The van der Waals surface area contributed by atoms with Gasteiger partial charge in [0.05, 0.1) is 32.2 Å². The van der Waals surface area contributed by atoms with E-state index in [9.17, 15) is 0 Å². The van der Waals surface area contributed by atoms with E-state index in [0.717, 1.165) is 30.2 Å². The molecule has 0 saturated heterocycles. The Hall–Kier alpha value is -2.08. The fourth-order valence-electron chi connectivity index (χ4n) is 2.71. The minimum absolute atomic E-state index is 0.0820. The first-order valence-electron chi connectivity index (χ1n) is 6.57. The van der Waals surface area contributed by atoms with Crippen molar-refractivity contribution in [3.05, 3.63) is 35.2 Å². The summed E-state index contributed by atoms with van der Waals surface area (Å²) < 4.78 is 12.6. The van der Waals surface area contributed by atoms with E-state index in [-0.39, 0.29) is 6.04 Å². The molecule has 2 heterocycles. The van der Waals surface area contributed by atoms with Crippen molar-refractivity contribution in [1.82, 2.24) is 20.3 Å². The van der Waals surface area contributed by atoms with Crippen LogP contribution in [0.2, 0.25) is 0 Å². The molecule has 0 spiro atoms. The fraction of sp³-hybridized carbons (Fsp3) is 0.429. The van der Waals surface area contributed by atoms with Crippen molar-refractivity contribution in [2.45, 2.75) is 12.5 Å². The molecule has 6 nitrogen and oxygen atoms in total. The van der Waals surface area contributed by atoms with E-state index in [1.54, 1.807) is 25.1 Å². The van der Waals surface area contributed by atoms with Gasteiger partial charge in [0, 0.05) is 13.6 Å². The molecule has 3 rings (SSSR count). The Morgan fingerprint density at radius 3 is 2.65 bits per heavy atom. The van der Waals surface area contributed by atoms with Crippen LogP contribution >= 0.6 is 0 Å². The summed E-state index contributed by atoms with van der Waals surface area (Å²) in [6.45, 7) is 0.915. The van der Waals surface area contributed by atoms with Crippen LogP contribution in [-0.4, -0.2) is 35.8 Å². The number of aromatic nitrogens is 3. The number of ether oxygens (including phenoxy) is 2. The van der Waals surface area contributed by atoms with Crippen molar-refractivity contribution >= 4 is 0 Å². The Kier molecular flexibility index (Phi) is 3.31. The van der Waals surface area contributed by atoms with Gasteiger partial charge in [0.15, 0.2) is 11.5 Å². The van der Waals surface area contributed by atoms with Crippen LogP contribution in [0.3, 0.4) is 0 Å². The molecular formula is C14H18N4O2. The minimum atomic E-state index is 0.0820. The van der Waals surface area contributed by atoms with Gasteiger partial charge in [-0.25, -0.2) is 0 Å². The van der Waals surface area contributed by atoms with Gasteiger partial charge >= 0.3 is 0 Å². The van der Waals surface area contributed by atoms with E-state index in [1.807, 2.05) is 13.1 Å². The second kappa shape index (κ2) is 5.13. The monoisotopic (exact) mass is 274 g/mol. The minimum Gasteiger partial charge on any atom is -0.493 e. The average Bonchev–Trinajstić information content (AvgIpc) is 2.91. The second-order valence-electron chi connectivity index (χ2n) is 4.83. The quantitative estimate of drug-likeness (QED) is 0.907. The molecule has 0 amide bonds. The maximum Gasteiger partial charge on any atom is 0.161 e. The van der Waals surface area contributed by atoms with Gasteiger partial charge in [-0.2, -0.15) is 0 Å². The molecule has 1 aliphatic rings. The van der Waals surface area contributed by atoms with Crippen molar-refractivity contribution in [2.24, 2.45) is 7.05 Å². The smallest absolute Gasteiger partial charge is 0.161 e. The highest BCUT2D eigenvalue weighted by atomic mass is 16.5. The highest BCUT2D eigenvalue weighted by molar-refractivity contribution is 5.50. The SMILES string of the molecule is COc1cc2c(cc1OC)C(c1cnnn1C)NCC2. The topological polar surface area (TPSA) is 61.2 Å². The lowest BCUT2D eigenvalue weighted by molar-refractivity contribution is 0.352. The van der Waals surface area contributed by atoms with Crippen LogP contribution in [0.25, 0.3) is 0 Å². The summed E-state index contributed by atoms with van der Waals surface area (Å²) in [6.07, 6.45) is 2.76. The normalized spacial score (nSPS) is 17.6. The lowest BCUT2D eigenvalue weighted by Gasteiger charge is -2.27. The van der Waals surface area contributed by atoms with E-state index in [4.69, 9.17) is 9.47 Å². The predicted molar refractivity (Wildman–Crippen MR) is 74.1 cm³/mol. The first kappa shape index (κ1) is 12.9. The summed E-state index contributed by atoms with van der Waals surface area (Å²) in [5.74, 6) is 1.52. The third-order valence-electron chi connectivity index (χ3n) is 3.74. The molecule has 0 radical (unpaired) electrons. The van der Waals surface area contributed by atoms with Crippen LogP contribution < -0.4 is 14.8 Å². The van der Waals surface area contributed by atoms with Crippen LogP contribution in [0.1, 0.15) is 22.9 Å². The number of nitrogens with zero attached hydrogens (tertiary/aromatic N) is 3. The maximum atomic E-state index is 5.41. The molecule has 0 bridgehead atoms. The van der Waals surface area contributed by atoms with Gasteiger partial charge in [-0.15, -0.1) is 5.10 Å². The molecule has 1 aromatic heterocycles. The molecule has 0 saturated carbocycles. The summed E-state index contributed by atoms with van der Waals surface area (Å²) in [5, 5.41) is 11.5. The average molecular weight is 274 g/mol. The second-order valence-corrected chi connectivity index (χ2v) is 4.83. The molecule has 1 atom stereocenters. The maximum absolute atomic E-state index is 5.41. The van der Waals surface area contributed by atoms with Crippen molar-refractivity contribution in [2.75, 3.05) is 20.8 Å². The molecule has 106 valence electrons. The third-order valence-corrected chi connectivity index (χ3v) is 3.74. The van der Waals surface area contributed by atoms with Crippen LogP contribution in [-0.2, 0) is 13.5 Å². The van der Waals surface area contributed by atoms with Crippen LogP contribution in [0.4, 0.5) is 0 Å². The van der Waals surface area contributed by atoms with Crippen LogP contribution in [0.5, 0.6) is 11.5 Å². The molecule has 2 aromatic rings. The van der Waals surface area contributed by atoms with Crippen molar-refractivity contribution in [3.8, 4) is 11.5 Å². The number of nitrogens with one attached hydrogen (secondary N) is 1. The number of benzene rings is 1. The molecule has 0 aliphatic carbocycles. The Morgan fingerprint density at radius 2 is 2.00 bits per heavy atom. The van der Waals surface area contributed by atoms with E-state index in [1.165, 1.54) is 11.1 Å². The Morgan fingerprint density at radius 1 is 1.25 bits per heavy atom. The van der Waals surface area contributed by atoms with E-state index < -0.39 is 0 Å². The standard InChI is InChI=1S/C14H18N4O2/c1-18-11(8-16-17-18)14-10-7-13(20-3)12(19-2)6-9(10)4-5-15-14/h6-8,14-15H,4-5H2,1-3H3. The van der Waals surface area contributed by atoms with Gasteiger partial charge in [0.1, 0.15) is 0 Å². The number of hydrogen-bond acceptors (Lipinski definition) is 5. The number of methoxy groups -OCH3 is 2. The molecule has 1 N–H and O–H groups in total. The summed E-state index contributed by atoms with van der Waals surface area (Å²) in [5.41, 5.74) is 3.50. The Bertz CT molecular complexity index is 624. The predicted octanol–water partition coefficient (Wildman–Crippen LogP) is 1.07. The lowest BCUT2D eigenvalue weighted by atomic mass is 9.92. The van der Waals surface area contributed by atoms with Gasteiger partial charge in [-0.05, 0) is 29.7 Å². The largest absolute Gasteiger partial charge is 0.493 e. The number of fused-ring (bicyclic) bond motifs is 1. The fourth-order valence-corrected chi connectivity index (χ4v) is 2.71. The van der Waals surface area contributed by atoms with Crippen molar-refractivity contribution in [1.29, 1.82) is 0 Å². The van der Waals surface area contributed by atoms with Gasteiger partial charge < -0.3 is 14.8 Å². The van der Waals surface area contributed by atoms with Crippen LogP contribution in [0.15, 0.2) is 18.3 Å². The van der Waals surface area contributed by atoms with E-state index in [2.05, 4.69) is 21.7 Å². The lowest BCUT2D eigenvalue weighted by Crippen LogP contribution is -2.32. The highest BCUT2D eigenvalue weighted by Crippen LogP contribution is 2.36. The van der Waals surface area contributed by atoms with Gasteiger partial charge in [0.25, 0.3) is 0 Å². The van der Waals surface area contributed by atoms with Crippen molar-refractivity contribution < 1.29 is 9.47 Å². The highest BCUT2D eigenvalue weighted by Gasteiger charge is 2.26. The number of hydrogen-bond donors (Lipinski definition) is 1. The van der Waals surface area contributed by atoms with Crippen LogP contribution in [0, 0.1) is 0 Å². The first-order chi connectivity index (χ1) is 9.74. The molecular weight excluding hydrogens is 256 g/mol. The molecule has 1 aliphatic heterocycles.